The van der Waals surface area contributed by atoms with E-state index >= 15 is 0 Å². The summed E-state index contributed by atoms with van der Waals surface area (Å²) in [7, 11) is 0. The molecular weight excluding hydrogens is 346 g/mol. The summed E-state index contributed by atoms with van der Waals surface area (Å²) in [5.41, 5.74) is 2.61. The standard InChI is InChI=1S/C21H21NO5/c1-2-14-7-8-16-15(12-20(24)27-19(16)11-14)13-26-21(25)17-5-3-4-6-18(17)22-9-10-23/h3-8,11-12,22-23H,2,9-10,13H2,1H3. The molecule has 0 aliphatic heterocycles. The maximum absolute atomic E-state index is 12.5. The van der Waals surface area contributed by atoms with Gasteiger partial charge in [-0.05, 0) is 30.2 Å². The van der Waals surface area contributed by atoms with E-state index in [4.69, 9.17) is 14.3 Å². The van der Waals surface area contributed by atoms with Gasteiger partial charge in [-0.2, -0.15) is 0 Å². The van der Waals surface area contributed by atoms with E-state index in [0.29, 0.717) is 28.9 Å². The summed E-state index contributed by atoms with van der Waals surface area (Å²) >= 11 is 0. The summed E-state index contributed by atoms with van der Waals surface area (Å²) < 4.78 is 10.7. The van der Waals surface area contributed by atoms with Gasteiger partial charge in [0.1, 0.15) is 12.2 Å². The van der Waals surface area contributed by atoms with Crippen LogP contribution in [0.5, 0.6) is 0 Å². The molecule has 2 N–H and O–H groups in total. The van der Waals surface area contributed by atoms with Crippen molar-refractivity contribution >= 4 is 22.6 Å². The molecule has 0 spiro atoms. The number of hydrogen-bond donors (Lipinski definition) is 2. The Bertz CT molecular complexity index is 1010. The average Bonchev–Trinajstić information content (AvgIpc) is 2.69. The molecule has 0 atom stereocenters. The van der Waals surface area contributed by atoms with E-state index < -0.39 is 11.6 Å². The van der Waals surface area contributed by atoms with Gasteiger partial charge in [0, 0.05) is 29.2 Å². The first-order chi connectivity index (χ1) is 13.1. The molecule has 0 saturated heterocycles. The van der Waals surface area contributed by atoms with Crippen molar-refractivity contribution in [1.82, 2.24) is 0 Å². The van der Waals surface area contributed by atoms with Gasteiger partial charge in [0.15, 0.2) is 0 Å². The zero-order valence-corrected chi connectivity index (χ0v) is 15.0. The fraction of sp³-hybridized carbons (Fsp3) is 0.238. The number of aryl methyl sites for hydroxylation is 1. The van der Waals surface area contributed by atoms with E-state index in [1.165, 1.54) is 6.07 Å². The van der Waals surface area contributed by atoms with Crippen molar-refractivity contribution in [3.63, 3.8) is 0 Å². The lowest BCUT2D eigenvalue weighted by Crippen LogP contribution is -2.13. The van der Waals surface area contributed by atoms with E-state index in [2.05, 4.69) is 5.32 Å². The second kappa shape index (κ2) is 8.51. The van der Waals surface area contributed by atoms with Gasteiger partial charge < -0.3 is 19.6 Å². The highest BCUT2D eigenvalue weighted by Crippen LogP contribution is 2.21. The number of carbonyl (C=O) groups is 1. The zero-order chi connectivity index (χ0) is 19.2. The van der Waals surface area contributed by atoms with Crippen LogP contribution >= 0.6 is 0 Å². The Balaban J connectivity index is 1.83. The predicted molar refractivity (Wildman–Crippen MR) is 103 cm³/mol. The SMILES string of the molecule is CCc1ccc2c(COC(=O)c3ccccc3NCCO)cc(=O)oc2c1. The Hall–Kier alpha value is -3.12. The second-order valence-electron chi connectivity index (χ2n) is 6.05. The Morgan fingerprint density at radius 2 is 2.00 bits per heavy atom. The van der Waals surface area contributed by atoms with Crippen LogP contribution in [-0.4, -0.2) is 24.2 Å². The molecule has 3 aromatic rings. The number of carbonyl (C=O) groups excluding carboxylic acids is 1. The quantitative estimate of drug-likeness (QED) is 0.493. The van der Waals surface area contributed by atoms with Crippen LogP contribution in [0, 0.1) is 0 Å². The second-order valence-corrected chi connectivity index (χ2v) is 6.05. The van der Waals surface area contributed by atoms with Gasteiger partial charge in [0.25, 0.3) is 0 Å². The topological polar surface area (TPSA) is 88.8 Å². The molecular formula is C21H21NO5. The van der Waals surface area contributed by atoms with Crippen LogP contribution < -0.4 is 10.9 Å². The van der Waals surface area contributed by atoms with Crippen molar-refractivity contribution in [2.45, 2.75) is 20.0 Å². The Kier molecular flexibility index (Phi) is 5.88. The minimum absolute atomic E-state index is 0.0409. The summed E-state index contributed by atoms with van der Waals surface area (Å²) in [6.45, 7) is 2.26. The molecule has 0 bridgehead atoms. The van der Waals surface area contributed by atoms with E-state index in [9.17, 15) is 9.59 Å². The molecule has 3 rings (SSSR count). The highest BCUT2D eigenvalue weighted by molar-refractivity contribution is 5.95. The molecule has 0 amide bonds. The van der Waals surface area contributed by atoms with Gasteiger partial charge in [0.2, 0.25) is 0 Å². The average molecular weight is 367 g/mol. The number of aliphatic hydroxyl groups excluding tert-OH is 1. The number of esters is 1. The van der Waals surface area contributed by atoms with Gasteiger partial charge in [-0.3, -0.25) is 0 Å². The normalized spacial score (nSPS) is 10.7. The molecule has 6 nitrogen and oxygen atoms in total. The molecule has 140 valence electrons. The maximum Gasteiger partial charge on any atom is 0.340 e. The Labute approximate surface area is 156 Å². The number of benzene rings is 2. The first kappa shape index (κ1) is 18.7. The summed E-state index contributed by atoms with van der Waals surface area (Å²) in [5.74, 6) is -0.511. The summed E-state index contributed by atoms with van der Waals surface area (Å²) in [5, 5.41) is 12.7. The van der Waals surface area contributed by atoms with E-state index in [-0.39, 0.29) is 13.2 Å². The first-order valence-electron chi connectivity index (χ1n) is 8.79. The third-order valence-corrected chi connectivity index (χ3v) is 4.24. The number of para-hydroxylation sites is 1. The largest absolute Gasteiger partial charge is 0.457 e. The van der Waals surface area contributed by atoms with Crippen molar-refractivity contribution < 1.29 is 19.1 Å². The molecule has 0 radical (unpaired) electrons. The van der Waals surface area contributed by atoms with E-state index in [0.717, 1.165) is 17.4 Å². The highest BCUT2D eigenvalue weighted by atomic mass is 16.5. The molecule has 1 aromatic heterocycles. The maximum atomic E-state index is 12.5. The van der Waals surface area contributed by atoms with E-state index in [1.807, 2.05) is 25.1 Å². The predicted octanol–water partition coefficient (Wildman–Crippen LogP) is 3.12. The summed E-state index contributed by atoms with van der Waals surface area (Å²) in [6, 6.07) is 13.9. The van der Waals surface area contributed by atoms with Crippen LogP contribution in [-0.2, 0) is 17.8 Å². The van der Waals surface area contributed by atoms with E-state index in [1.54, 1.807) is 24.3 Å². The Morgan fingerprint density at radius 1 is 1.19 bits per heavy atom. The fourth-order valence-electron chi connectivity index (χ4n) is 2.84. The number of rotatable bonds is 7. The minimum atomic E-state index is -0.511. The minimum Gasteiger partial charge on any atom is -0.457 e. The van der Waals surface area contributed by atoms with Gasteiger partial charge >= 0.3 is 11.6 Å². The van der Waals surface area contributed by atoms with Gasteiger partial charge in [-0.25, -0.2) is 9.59 Å². The number of hydrogen-bond acceptors (Lipinski definition) is 6. The smallest absolute Gasteiger partial charge is 0.340 e. The number of ether oxygens (including phenoxy) is 1. The van der Waals surface area contributed by atoms with Crippen molar-refractivity contribution in [3.8, 4) is 0 Å². The van der Waals surface area contributed by atoms with Gasteiger partial charge in [-0.15, -0.1) is 0 Å². The third kappa shape index (κ3) is 4.35. The summed E-state index contributed by atoms with van der Waals surface area (Å²) in [4.78, 5) is 24.3. The van der Waals surface area contributed by atoms with Crippen LogP contribution in [0.1, 0.15) is 28.4 Å². The molecule has 0 aliphatic rings. The van der Waals surface area contributed by atoms with Crippen LogP contribution in [0.15, 0.2) is 57.7 Å². The lowest BCUT2D eigenvalue weighted by atomic mass is 10.1. The van der Waals surface area contributed by atoms with Crippen molar-refractivity contribution in [2.24, 2.45) is 0 Å². The first-order valence-corrected chi connectivity index (χ1v) is 8.79. The molecule has 2 aromatic carbocycles. The lowest BCUT2D eigenvalue weighted by Gasteiger charge is -2.12. The number of nitrogens with one attached hydrogen (secondary N) is 1. The van der Waals surface area contributed by atoms with Crippen molar-refractivity contribution in [3.05, 3.63) is 75.6 Å². The van der Waals surface area contributed by atoms with Crippen molar-refractivity contribution in [2.75, 3.05) is 18.5 Å². The number of fused-ring (bicyclic) bond motifs is 1. The van der Waals surface area contributed by atoms with Crippen LogP contribution in [0.4, 0.5) is 5.69 Å². The highest BCUT2D eigenvalue weighted by Gasteiger charge is 2.14. The number of anilines is 1. The van der Waals surface area contributed by atoms with Crippen LogP contribution in [0.25, 0.3) is 11.0 Å². The monoisotopic (exact) mass is 367 g/mol. The molecule has 27 heavy (non-hydrogen) atoms. The van der Waals surface area contributed by atoms with Crippen molar-refractivity contribution in [1.29, 1.82) is 0 Å². The molecule has 1 heterocycles. The number of aliphatic hydroxyl groups is 1. The molecule has 6 heteroatoms. The van der Waals surface area contributed by atoms with Gasteiger partial charge in [-0.1, -0.05) is 31.2 Å². The van der Waals surface area contributed by atoms with Crippen LogP contribution in [0.3, 0.4) is 0 Å². The Morgan fingerprint density at radius 3 is 2.78 bits per heavy atom. The molecule has 0 aliphatic carbocycles. The van der Waals surface area contributed by atoms with Crippen LogP contribution in [0.2, 0.25) is 0 Å². The lowest BCUT2D eigenvalue weighted by molar-refractivity contribution is 0.0475. The summed E-state index contributed by atoms with van der Waals surface area (Å²) in [6.07, 6.45) is 0.830. The fourth-order valence-corrected chi connectivity index (χ4v) is 2.84. The van der Waals surface area contributed by atoms with Gasteiger partial charge in [0.05, 0.1) is 12.2 Å². The molecule has 0 fully saturated rings. The third-order valence-electron chi connectivity index (χ3n) is 4.24. The zero-order valence-electron chi connectivity index (χ0n) is 15.0. The molecule has 0 saturated carbocycles. The molecule has 0 unspecified atom stereocenters.